The standard InChI is InChI=1S/C9H13NO3/c11-8-4-7(9(12)10-8)3-6-1-2-13-5-6/h6-7H,1-5H2,(H,10,11,12). The molecule has 0 aromatic carbocycles. The highest BCUT2D eigenvalue weighted by molar-refractivity contribution is 6.03. The van der Waals surface area contributed by atoms with E-state index in [1.807, 2.05) is 0 Å². The Bertz CT molecular complexity index is 233. The predicted octanol–water partition coefficient (Wildman–Crippen LogP) is 0.0757. The summed E-state index contributed by atoms with van der Waals surface area (Å²) in [6, 6.07) is 0. The smallest absolute Gasteiger partial charge is 0.230 e. The van der Waals surface area contributed by atoms with Crippen LogP contribution in [0.25, 0.3) is 0 Å². The molecule has 2 heterocycles. The largest absolute Gasteiger partial charge is 0.381 e. The Labute approximate surface area is 76.6 Å². The lowest BCUT2D eigenvalue weighted by atomic mass is 9.93. The van der Waals surface area contributed by atoms with Gasteiger partial charge in [0.05, 0.1) is 0 Å². The number of carbonyl (C=O) groups excluding carboxylic acids is 2. The highest BCUT2D eigenvalue weighted by Crippen LogP contribution is 2.25. The third kappa shape index (κ3) is 1.88. The number of rotatable bonds is 2. The maximum atomic E-state index is 11.2. The number of carbonyl (C=O) groups is 2. The lowest BCUT2D eigenvalue weighted by molar-refractivity contribution is -0.126. The second kappa shape index (κ2) is 3.46. The third-order valence-electron chi connectivity index (χ3n) is 2.71. The maximum absolute atomic E-state index is 11.2. The highest BCUT2D eigenvalue weighted by atomic mass is 16.5. The van der Waals surface area contributed by atoms with E-state index in [1.54, 1.807) is 0 Å². The van der Waals surface area contributed by atoms with Crippen molar-refractivity contribution in [1.29, 1.82) is 0 Å². The highest BCUT2D eigenvalue weighted by Gasteiger charge is 2.33. The van der Waals surface area contributed by atoms with Gasteiger partial charge in [-0.15, -0.1) is 0 Å². The van der Waals surface area contributed by atoms with E-state index in [2.05, 4.69) is 5.32 Å². The molecule has 2 aliphatic heterocycles. The summed E-state index contributed by atoms with van der Waals surface area (Å²) in [5, 5.41) is 2.32. The van der Waals surface area contributed by atoms with Crippen LogP contribution in [0.4, 0.5) is 0 Å². The molecule has 4 nitrogen and oxygen atoms in total. The predicted molar refractivity (Wildman–Crippen MR) is 44.8 cm³/mol. The number of nitrogens with one attached hydrogen (secondary N) is 1. The molecule has 2 aliphatic rings. The third-order valence-corrected chi connectivity index (χ3v) is 2.71. The zero-order chi connectivity index (χ0) is 9.26. The van der Waals surface area contributed by atoms with Crippen molar-refractivity contribution in [2.24, 2.45) is 11.8 Å². The van der Waals surface area contributed by atoms with Gasteiger partial charge in [0.2, 0.25) is 11.8 Å². The Morgan fingerprint density at radius 3 is 2.85 bits per heavy atom. The van der Waals surface area contributed by atoms with Crippen LogP contribution in [-0.4, -0.2) is 25.0 Å². The van der Waals surface area contributed by atoms with Crippen molar-refractivity contribution in [2.45, 2.75) is 19.3 Å². The van der Waals surface area contributed by atoms with Crippen molar-refractivity contribution in [3.8, 4) is 0 Å². The summed E-state index contributed by atoms with van der Waals surface area (Å²) < 4.78 is 5.21. The second-order valence-corrected chi connectivity index (χ2v) is 3.78. The first-order chi connectivity index (χ1) is 6.25. The first-order valence-electron chi connectivity index (χ1n) is 4.67. The number of imide groups is 1. The van der Waals surface area contributed by atoms with E-state index in [1.165, 1.54) is 0 Å². The van der Waals surface area contributed by atoms with Crippen molar-refractivity contribution in [3.63, 3.8) is 0 Å². The van der Waals surface area contributed by atoms with Gasteiger partial charge in [-0.3, -0.25) is 14.9 Å². The van der Waals surface area contributed by atoms with Gasteiger partial charge in [0.15, 0.2) is 0 Å². The first kappa shape index (κ1) is 8.69. The van der Waals surface area contributed by atoms with Gasteiger partial charge in [0.1, 0.15) is 0 Å². The van der Waals surface area contributed by atoms with E-state index < -0.39 is 0 Å². The van der Waals surface area contributed by atoms with E-state index in [0.717, 1.165) is 26.1 Å². The average Bonchev–Trinajstić information content (AvgIpc) is 2.63. The Morgan fingerprint density at radius 1 is 1.46 bits per heavy atom. The quantitative estimate of drug-likeness (QED) is 0.616. The van der Waals surface area contributed by atoms with Gasteiger partial charge in [0, 0.05) is 25.6 Å². The van der Waals surface area contributed by atoms with Gasteiger partial charge in [-0.2, -0.15) is 0 Å². The summed E-state index contributed by atoms with van der Waals surface area (Å²) in [5.41, 5.74) is 0. The molecule has 2 amide bonds. The number of amides is 2. The number of ether oxygens (including phenoxy) is 1. The maximum Gasteiger partial charge on any atom is 0.230 e. The molecule has 0 aromatic rings. The fraction of sp³-hybridized carbons (Fsp3) is 0.778. The topological polar surface area (TPSA) is 55.4 Å². The van der Waals surface area contributed by atoms with Gasteiger partial charge in [0.25, 0.3) is 0 Å². The van der Waals surface area contributed by atoms with E-state index in [9.17, 15) is 9.59 Å². The zero-order valence-electron chi connectivity index (χ0n) is 7.41. The molecular weight excluding hydrogens is 170 g/mol. The van der Waals surface area contributed by atoms with E-state index in [4.69, 9.17) is 4.74 Å². The minimum absolute atomic E-state index is 0.0980. The molecule has 2 saturated heterocycles. The normalized spacial score (nSPS) is 33.8. The van der Waals surface area contributed by atoms with Crippen LogP contribution >= 0.6 is 0 Å². The fourth-order valence-corrected chi connectivity index (χ4v) is 1.97. The van der Waals surface area contributed by atoms with Crippen molar-refractivity contribution >= 4 is 11.8 Å². The molecule has 13 heavy (non-hydrogen) atoms. The zero-order valence-corrected chi connectivity index (χ0v) is 7.41. The molecule has 4 heteroatoms. The van der Waals surface area contributed by atoms with E-state index >= 15 is 0 Å². The molecule has 0 saturated carbocycles. The molecule has 2 unspecified atom stereocenters. The van der Waals surface area contributed by atoms with Gasteiger partial charge >= 0.3 is 0 Å². The molecule has 0 spiro atoms. The van der Waals surface area contributed by atoms with Crippen LogP contribution in [0.1, 0.15) is 19.3 Å². The van der Waals surface area contributed by atoms with Crippen molar-refractivity contribution < 1.29 is 14.3 Å². The molecule has 1 N–H and O–H groups in total. The Kier molecular flexibility index (Phi) is 2.31. The van der Waals surface area contributed by atoms with Gasteiger partial charge < -0.3 is 4.74 Å². The Morgan fingerprint density at radius 2 is 2.31 bits per heavy atom. The number of hydrogen-bond donors (Lipinski definition) is 1. The molecular formula is C9H13NO3. The summed E-state index contributed by atoms with van der Waals surface area (Å²) in [6.07, 6.45) is 2.20. The van der Waals surface area contributed by atoms with Crippen molar-refractivity contribution in [2.75, 3.05) is 13.2 Å². The Balaban J connectivity index is 1.87. The van der Waals surface area contributed by atoms with Crippen LogP contribution in [0.5, 0.6) is 0 Å². The van der Waals surface area contributed by atoms with Crippen molar-refractivity contribution in [3.05, 3.63) is 0 Å². The second-order valence-electron chi connectivity index (χ2n) is 3.78. The summed E-state index contributed by atoms with van der Waals surface area (Å²) >= 11 is 0. The molecule has 0 radical (unpaired) electrons. The summed E-state index contributed by atoms with van der Waals surface area (Å²) in [7, 11) is 0. The van der Waals surface area contributed by atoms with Crippen LogP contribution < -0.4 is 5.32 Å². The minimum atomic E-state index is -0.131. The van der Waals surface area contributed by atoms with Gasteiger partial charge in [-0.05, 0) is 18.8 Å². The SMILES string of the molecule is O=C1CC(CC2CCOC2)C(=O)N1. The summed E-state index contributed by atoms with van der Waals surface area (Å²) in [5.74, 6) is 0.145. The monoisotopic (exact) mass is 183 g/mol. The molecule has 72 valence electrons. The first-order valence-corrected chi connectivity index (χ1v) is 4.67. The molecule has 0 aromatic heterocycles. The molecule has 0 aliphatic carbocycles. The fourth-order valence-electron chi connectivity index (χ4n) is 1.97. The molecule has 2 fully saturated rings. The van der Waals surface area contributed by atoms with Crippen molar-refractivity contribution in [1.82, 2.24) is 5.32 Å². The Hall–Kier alpha value is -0.900. The average molecular weight is 183 g/mol. The van der Waals surface area contributed by atoms with Gasteiger partial charge in [-0.1, -0.05) is 0 Å². The van der Waals surface area contributed by atoms with Crippen LogP contribution in [-0.2, 0) is 14.3 Å². The minimum Gasteiger partial charge on any atom is -0.381 e. The number of hydrogen-bond acceptors (Lipinski definition) is 3. The molecule has 2 atom stereocenters. The van der Waals surface area contributed by atoms with E-state index in [-0.39, 0.29) is 17.7 Å². The van der Waals surface area contributed by atoms with Gasteiger partial charge in [-0.25, -0.2) is 0 Å². The lowest BCUT2D eigenvalue weighted by Crippen LogP contribution is -2.23. The van der Waals surface area contributed by atoms with E-state index in [0.29, 0.717) is 12.3 Å². The molecule has 0 bridgehead atoms. The lowest BCUT2D eigenvalue weighted by Gasteiger charge is -2.10. The van der Waals surface area contributed by atoms with Crippen LogP contribution in [0.15, 0.2) is 0 Å². The van der Waals surface area contributed by atoms with Crippen LogP contribution in [0.3, 0.4) is 0 Å². The summed E-state index contributed by atoms with van der Waals surface area (Å²) in [4.78, 5) is 22.1. The van der Waals surface area contributed by atoms with Crippen LogP contribution in [0.2, 0.25) is 0 Å². The molecule has 2 rings (SSSR count). The van der Waals surface area contributed by atoms with Crippen LogP contribution in [0, 0.1) is 11.8 Å². The summed E-state index contributed by atoms with van der Waals surface area (Å²) in [6.45, 7) is 1.55.